The van der Waals surface area contributed by atoms with Crippen LogP contribution >= 0.6 is 0 Å². The number of anilines is 1. The zero-order valence-corrected chi connectivity index (χ0v) is 11.7. The second kappa shape index (κ2) is 7.41. The number of hydrogen-bond donors (Lipinski definition) is 2. The maximum atomic E-state index is 11.8. The Balaban J connectivity index is 1.92. The van der Waals surface area contributed by atoms with Crippen LogP contribution in [0.4, 0.5) is 5.69 Å². The van der Waals surface area contributed by atoms with Gasteiger partial charge in [0.1, 0.15) is 12.1 Å². The first-order chi connectivity index (χ1) is 10.8. The third kappa shape index (κ3) is 3.59. The van der Waals surface area contributed by atoms with E-state index in [9.17, 15) is 4.79 Å². The minimum absolute atomic E-state index is 0.219. The molecule has 22 heavy (non-hydrogen) atoms. The Kier molecular flexibility index (Phi) is 5.06. The lowest BCUT2D eigenvalue weighted by Gasteiger charge is -2.10. The first-order valence-corrected chi connectivity index (χ1v) is 6.61. The summed E-state index contributed by atoms with van der Waals surface area (Å²) >= 11 is 0. The second-order valence-electron chi connectivity index (χ2n) is 4.38. The van der Waals surface area contributed by atoms with E-state index < -0.39 is 0 Å². The van der Waals surface area contributed by atoms with Crippen molar-refractivity contribution in [1.29, 1.82) is 10.5 Å². The molecule has 0 saturated heterocycles. The summed E-state index contributed by atoms with van der Waals surface area (Å²) in [6.07, 6.45) is 3.09. The zero-order chi connectivity index (χ0) is 15.8. The summed E-state index contributed by atoms with van der Waals surface area (Å²) in [5, 5.41) is 23.9. The van der Waals surface area contributed by atoms with Crippen LogP contribution in [0.2, 0.25) is 0 Å². The molecular weight excluding hydrogens is 278 g/mol. The third-order valence-corrected chi connectivity index (χ3v) is 2.94. The summed E-state index contributed by atoms with van der Waals surface area (Å²) in [7, 11) is 0. The number of amides is 1. The molecule has 0 spiro atoms. The van der Waals surface area contributed by atoms with E-state index in [-0.39, 0.29) is 5.91 Å². The summed E-state index contributed by atoms with van der Waals surface area (Å²) in [4.78, 5) is 15.7. The van der Waals surface area contributed by atoms with Crippen molar-refractivity contribution < 1.29 is 4.79 Å². The number of aromatic nitrogens is 1. The van der Waals surface area contributed by atoms with Gasteiger partial charge in [-0.15, -0.1) is 0 Å². The lowest BCUT2D eigenvalue weighted by Crippen LogP contribution is -2.29. The Hall–Kier alpha value is -3.38. The monoisotopic (exact) mass is 291 g/mol. The number of hydrogen-bond acceptors (Lipinski definition) is 5. The number of para-hydroxylation sites is 1. The van der Waals surface area contributed by atoms with Crippen LogP contribution in [0.15, 0.2) is 42.7 Å². The molecule has 6 heteroatoms. The van der Waals surface area contributed by atoms with Crippen LogP contribution in [0.3, 0.4) is 0 Å². The smallest absolute Gasteiger partial charge is 0.252 e. The maximum Gasteiger partial charge on any atom is 0.252 e. The van der Waals surface area contributed by atoms with Crippen molar-refractivity contribution in [2.45, 2.75) is 0 Å². The van der Waals surface area contributed by atoms with Gasteiger partial charge in [0, 0.05) is 25.5 Å². The van der Waals surface area contributed by atoms with E-state index in [0.29, 0.717) is 35.5 Å². The van der Waals surface area contributed by atoms with Crippen LogP contribution in [-0.2, 0) is 0 Å². The van der Waals surface area contributed by atoms with Gasteiger partial charge in [-0.2, -0.15) is 10.5 Å². The summed E-state index contributed by atoms with van der Waals surface area (Å²) < 4.78 is 0. The van der Waals surface area contributed by atoms with Crippen LogP contribution in [0.1, 0.15) is 21.5 Å². The molecule has 1 amide bonds. The molecule has 2 aromatic rings. The van der Waals surface area contributed by atoms with Gasteiger partial charge in [0.25, 0.3) is 5.91 Å². The van der Waals surface area contributed by atoms with Gasteiger partial charge in [0.15, 0.2) is 0 Å². The van der Waals surface area contributed by atoms with Gasteiger partial charge in [0.05, 0.1) is 22.4 Å². The van der Waals surface area contributed by atoms with E-state index in [4.69, 9.17) is 10.5 Å². The minimum Gasteiger partial charge on any atom is -0.381 e. The summed E-state index contributed by atoms with van der Waals surface area (Å²) in [6, 6.07) is 12.4. The van der Waals surface area contributed by atoms with E-state index >= 15 is 0 Å². The average molecular weight is 291 g/mol. The van der Waals surface area contributed by atoms with E-state index in [1.807, 2.05) is 12.1 Å². The van der Waals surface area contributed by atoms with Gasteiger partial charge in [-0.1, -0.05) is 6.07 Å². The quantitative estimate of drug-likeness (QED) is 0.816. The highest BCUT2D eigenvalue weighted by molar-refractivity contribution is 5.93. The fraction of sp³-hybridized carbons (Fsp3) is 0.125. The summed E-state index contributed by atoms with van der Waals surface area (Å²) in [5.74, 6) is -0.219. The highest BCUT2D eigenvalue weighted by atomic mass is 16.1. The van der Waals surface area contributed by atoms with Crippen molar-refractivity contribution in [3.8, 4) is 12.1 Å². The minimum atomic E-state index is -0.219. The number of carbonyl (C=O) groups excluding carboxylic acids is 1. The van der Waals surface area contributed by atoms with Gasteiger partial charge < -0.3 is 10.6 Å². The van der Waals surface area contributed by atoms with Crippen molar-refractivity contribution in [3.05, 3.63) is 59.4 Å². The fourth-order valence-corrected chi connectivity index (χ4v) is 1.89. The van der Waals surface area contributed by atoms with Crippen molar-refractivity contribution in [1.82, 2.24) is 10.3 Å². The lowest BCUT2D eigenvalue weighted by atomic mass is 10.1. The number of pyridine rings is 1. The Morgan fingerprint density at radius 3 is 2.41 bits per heavy atom. The molecule has 0 atom stereocenters. The zero-order valence-electron chi connectivity index (χ0n) is 11.7. The molecule has 0 aliphatic carbocycles. The molecular formula is C16H13N5O. The molecule has 2 rings (SSSR count). The van der Waals surface area contributed by atoms with Crippen molar-refractivity contribution in [3.63, 3.8) is 0 Å². The average Bonchev–Trinajstić information content (AvgIpc) is 2.59. The van der Waals surface area contributed by atoms with Crippen LogP contribution in [0.25, 0.3) is 0 Å². The molecule has 0 bridgehead atoms. The van der Waals surface area contributed by atoms with E-state index in [1.165, 1.54) is 6.20 Å². The third-order valence-electron chi connectivity index (χ3n) is 2.94. The molecule has 1 aromatic heterocycles. The molecule has 2 N–H and O–H groups in total. The number of nitriles is 2. The highest BCUT2D eigenvalue weighted by Gasteiger charge is 2.08. The Morgan fingerprint density at radius 2 is 1.82 bits per heavy atom. The predicted molar refractivity (Wildman–Crippen MR) is 80.9 cm³/mol. The van der Waals surface area contributed by atoms with Crippen LogP contribution in [0.5, 0.6) is 0 Å². The fourth-order valence-electron chi connectivity index (χ4n) is 1.89. The maximum absolute atomic E-state index is 11.8. The number of nitrogens with zero attached hydrogens (tertiary/aromatic N) is 3. The predicted octanol–water partition coefficient (Wildman–Crippen LogP) is 1.67. The highest BCUT2D eigenvalue weighted by Crippen LogP contribution is 2.19. The molecule has 0 fully saturated rings. The Morgan fingerprint density at radius 1 is 1.09 bits per heavy atom. The summed E-state index contributed by atoms with van der Waals surface area (Å²) in [5.41, 5.74) is 1.77. The number of rotatable bonds is 5. The van der Waals surface area contributed by atoms with Crippen molar-refractivity contribution >= 4 is 11.6 Å². The molecule has 1 aromatic carbocycles. The number of nitrogens with one attached hydrogen (secondary N) is 2. The molecule has 108 valence electrons. The molecule has 0 aliphatic heterocycles. The number of carbonyl (C=O) groups is 1. The van der Waals surface area contributed by atoms with E-state index in [2.05, 4.69) is 15.6 Å². The molecule has 0 saturated carbocycles. The van der Waals surface area contributed by atoms with Crippen LogP contribution in [-0.4, -0.2) is 24.0 Å². The second-order valence-corrected chi connectivity index (χ2v) is 4.38. The normalized spacial score (nSPS) is 9.36. The Labute approximate surface area is 128 Å². The van der Waals surface area contributed by atoms with Crippen molar-refractivity contribution in [2.75, 3.05) is 18.4 Å². The first kappa shape index (κ1) is 15.0. The Bertz CT molecular complexity index is 711. The van der Waals surface area contributed by atoms with Gasteiger partial charge >= 0.3 is 0 Å². The molecule has 0 aliphatic rings. The molecule has 1 heterocycles. The molecule has 6 nitrogen and oxygen atoms in total. The van der Waals surface area contributed by atoms with Gasteiger partial charge in [-0.05, 0) is 24.3 Å². The number of benzene rings is 1. The summed E-state index contributed by atoms with van der Waals surface area (Å²) in [6.45, 7) is 0.762. The van der Waals surface area contributed by atoms with Crippen molar-refractivity contribution in [2.24, 2.45) is 0 Å². The molecule has 0 unspecified atom stereocenters. The SMILES string of the molecule is N#Cc1cccc(C#N)c1NCCNC(=O)c1cccnc1. The lowest BCUT2D eigenvalue weighted by molar-refractivity contribution is 0.0955. The largest absolute Gasteiger partial charge is 0.381 e. The van der Waals surface area contributed by atoms with Gasteiger partial charge in [0.2, 0.25) is 0 Å². The van der Waals surface area contributed by atoms with E-state index in [1.54, 1.807) is 36.5 Å². The standard InChI is InChI=1S/C16H13N5O/c17-9-12-3-1-4-13(10-18)15(12)20-7-8-21-16(22)14-5-2-6-19-11-14/h1-6,11,20H,7-8H2,(H,21,22). The van der Waals surface area contributed by atoms with Crippen LogP contribution in [0, 0.1) is 22.7 Å². The van der Waals surface area contributed by atoms with Gasteiger partial charge in [-0.25, -0.2) is 0 Å². The van der Waals surface area contributed by atoms with Crippen LogP contribution < -0.4 is 10.6 Å². The van der Waals surface area contributed by atoms with E-state index in [0.717, 1.165) is 0 Å². The van der Waals surface area contributed by atoms with Gasteiger partial charge in [-0.3, -0.25) is 9.78 Å². The molecule has 0 radical (unpaired) electrons. The topological polar surface area (TPSA) is 102 Å². The first-order valence-electron chi connectivity index (χ1n) is 6.61.